The maximum absolute atomic E-state index is 13.6. The average molecular weight is 458 g/mol. The molecule has 2 aromatic rings. The molecule has 1 amide bonds. The maximum Gasteiger partial charge on any atom is 0.259 e. The van der Waals surface area contributed by atoms with Gasteiger partial charge in [-0.15, -0.1) is 0 Å². The topological polar surface area (TPSA) is 97.0 Å². The molecule has 0 unspecified atom stereocenters. The van der Waals surface area contributed by atoms with Gasteiger partial charge in [0.25, 0.3) is 5.91 Å². The van der Waals surface area contributed by atoms with Crippen molar-refractivity contribution in [2.75, 3.05) is 36.9 Å². The van der Waals surface area contributed by atoms with Crippen LogP contribution < -0.4 is 15.4 Å². The van der Waals surface area contributed by atoms with Gasteiger partial charge >= 0.3 is 0 Å². The molecule has 8 nitrogen and oxygen atoms in total. The number of nitrogens with zero attached hydrogens (tertiary/aromatic N) is 1. The van der Waals surface area contributed by atoms with Gasteiger partial charge in [-0.25, -0.2) is 8.42 Å². The molecule has 0 radical (unpaired) electrons. The second kappa shape index (κ2) is 8.38. The molecule has 1 saturated carbocycles. The zero-order valence-electron chi connectivity index (χ0n) is 18.0. The minimum absolute atomic E-state index is 0.103. The Labute approximate surface area is 187 Å². The lowest BCUT2D eigenvalue weighted by molar-refractivity contribution is 0.0730. The summed E-state index contributed by atoms with van der Waals surface area (Å²) in [6.07, 6.45) is 4.19. The van der Waals surface area contributed by atoms with Gasteiger partial charge in [0.15, 0.2) is 5.75 Å². The monoisotopic (exact) mass is 457 g/mol. The minimum Gasteiger partial charge on any atom is -0.454 e. The summed E-state index contributed by atoms with van der Waals surface area (Å²) in [6, 6.07) is 8.86. The van der Waals surface area contributed by atoms with Gasteiger partial charge < -0.3 is 20.1 Å². The van der Waals surface area contributed by atoms with Crippen molar-refractivity contribution >= 4 is 27.3 Å². The van der Waals surface area contributed by atoms with Crippen molar-refractivity contribution < 1.29 is 22.7 Å². The lowest BCUT2D eigenvalue weighted by Gasteiger charge is -2.28. The Morgan fingerprint density at radius 1 is 1.06 bits per heavy atom. The van der Waals surface area contributed by atoms with Gasteiger partial charge in [0.2, 0.25) is 10.0 Å². The third kappa shape index (κ3) is 3.96. The molecule has 2 aliphatic heterocycles. The van der Waals surface area contributed by atoms with Crippen LogP contribution in [0.2, 0.25) is 0 Å². The highest BCUT2D eigenvalue weighted by Gasteiger charge is 2.33. The molecule has 2 aromatic carbocycles. The van der Waals surface area contributed by atoms with Crippen LogP contribution in [0.5, 0.6) is 11.5 Å². The SMILES string of the molecule is Cc1ccc2c(c1)NC(=O)c1cc(S(=O)(=O)N3CCOCC3)c(NC3CCCC3)cc1O2. The number of rotatable bonds is 4. The van der Waals surface area contributed by atoms with Crippen LogP contribution in [0.15, 0.2) is 35.2 Å². The molecule has 0 spiro atoms. The van der Waals surface area contributed by atoms with Crippen LogP contribution >= 0.6 is 0 Å². The van der Waals surface area contributed by atoms with E-state index in [2.05, 4.69) is 10.6 Å². The van der Waals surface area contributed by atoms with E-state index in [-0.39, 0.29) is 29.6 Å². The minimum atomic E-state index is -3.82. The first-order valence-corrected chi connectivity index (χ1v) is 12.5. The number of carbonyl (C=O) groups excluding carboxylic acids is 1. The van der Waals surface area contributed by atoms with E-state index in [9.17, 15) is 13.2 Å². The molecule has 2 N–H and O–H groups in total. The van der Waals surface area contributed by atoms with E-state index in [1.807, 2.05) is 25.1 Å². The zero-order chi connectivity index (χ0) is 22.3. The molecule has 0 bridgehead atoms. The third-order valence-corrected chi connectivity index (χ3v) is 8.17. The van der Waals surface area contributed by atoms with Gasteiger partial charge in [-0.2, -0.15) is 4.31 Å². The molecule has 2 heterocycles. The molecule has 2 fully saturated rings. The van der Waals surface area contributed by atoms with Crippen molar-refractivity contribution in [1.29, 1.82) is 0 Å². The number of nitrogens with one attached hydrogen (secondary N) is 2. The summed E-state index contributed by atoms with van der Waals surface area (Å²) < 4.78 is 40.0. The van der Waals surface area contributed by atoms with Crippen LogP contribution in [-0.4, -0.2) is 51.0 Å². The fraction of sp³-hybridized carbons (Fsp3) is 0.435. The lowest BCUT2D eigenvalue weighted by atomic mass is 10.1. The summed E-state index contributed by atoms with van der Waals surface area (Å²) >= 11 is 0. The predicted octanol–water partition coefficient (Wildman–Crippen LogP) is 3.73. The number of anilines is 2. The van der Waals surface area contributed by atoms with Crippen LogP contribution in [-0.2, 0) is 14.8 Å². The Balaban J connectivity index is 1.61. The fourth-order valence-electron chi connectivity index (χ4n) is 4.50. The van der Waals surface area contributed by atoms with Crippen molar-refractivity contribution in [3.8, 4) is 11.5 Å². The van der Waals surface area contributed by atoms with Gasteiger partial charge in [0.1, 0.15) is 10.6 Å². The van der Waals surface area contributed by atoms with Gasteiger partial charge in [-0.05, 0) is 43.5 Å². The smallest absolute Gasteiger partial charge is 0.259 e. The lowest BCUT2D eigenvalue weighted by Crippen LogP contribution is -2.41. The molecule has 1 saturated heterocycles. The number of morpholine rings is 1. The number of sulfonamides is 1. The van der Waals surface area contributed by atoms with E-state index in [1.54, 1.807) is 6.07 Å². The molecule has 32 heavy (non-hydrogen) atoms. The van der Waals surface area contributed by atoms with Gasteiger partial charge in [0, 0.05) is 25.2 Å². The van der Waals surface area contributed by atoms with E-state index in [1.165, 1.54) is 10.4 Å². The first-order chi connectivity index (χ1) is 15.4. The van der Waals surface area contributed by atoms with E-state index >= 15 is 0 Å². The van der Waals surface area contributed by atoms with Crippen LogP contribution in [0.4, 0.5) is 11.4 Å². The maximum atomic E-state index is 13.6. The Kier molecular flexibility index (Phi) is 5.56. The zero-order valence-corrected chi connectivity index (χ0v) is 18.8. The molecular weight excluding hydrogens is 430 g/mol. The number of ether oxygens (including phenoxy) is 2. The molecule has 5 rings (SSSR count). The first-order valence-electron chi connectivity index (χ1n) is 11.0. The quantitative estimate of drug-likeness (QED) is 0.726. The highest BCUT2D eigenvalue weighted by molar-refractivity contribution is 7.89. The summed E-state index contributed by atoms with van der Waals surface area (Å²) in [7, 11) is -3.82. The number of fused-ring (bicyclic) bond motifs is 2. The van der Waals surface area contributed by atoms with Crippen molar-refractivity contribution in [3.05, 3.63) is 41.5 Å². The largest absolute Gasteiger partial charge is 0.454 e. The summed E-state index contributed by atoms with van der Waals surface area (Å²) in [4.78, 5) is 13.2. The molecule has 9 heteroatoms. The second-order valence-electron chi connectivity index (χ2n) is 8.54. The highest BCUT2D eigenvalue weighted by Crippen LogP contribution is 2.41. The number of aryl methyl sites for hydroxylation is 1. The summed E-state index contributed by atoms with van der Waals surface area (Å²) in [5, 5.41) is 6.28. The number of amides is 1. The Hall–Kier alpha value is -2.62. The average Bonchev–Trinajstić information content (AvgIpc) is 3.24. The molecule has 3 aliphatic rings. The number of hydrogen-bond acceptors (Lipinski definition) is 6. The number of carbonyl (C=O) groups is 1. The Bertz CT molecular complexity index is 1150. The standard InChI is InChI=1S/C23H27N3O5S/c1-15-6-7-20-18(12-15)25-23(27)17-13-22(32(28,29)26-8-10-30-11-9-26)19(14-21(17)31-20)24-16-4-2-3-5-16/h6-7,12-14,16,24H,2-5,8-11H2,1H3,(H,25,27). The van der Waals surface area contributed by atoms with E-state index in [0.717, 1.165) is 31.2 Å². The summed E-state index contributed by atoms with van der Waals surface area (Å²) in [6.45, 7) is 3.22. The third-order valence-electron chi connectivity index (χ3n) is 6.23. The van der Waals surface area contributed by atoms with Crippen molar-refractivity contribution in [1.82, 2.24) is 4.31 Å². The molecular formula is C23H27N3O5S. The predicted molar refractivity (Wildman–Crippen MR) is 121 cm³/mol. The highest BCUT2D eigenvalue weighted by atomic mass is 32.2. The van der Waals surface area contributed by atoms with Crippen molar-refractivity contribution in [2.24, 2.45) is 0 Å². The number of benzene rings is 2. The van der Waals surface area contributed by atoms with Gasteiger partial charge in [-0.3, -0.25) is 4.79 Å². The van der Waals surface area contributed by atoms with Gasteiger partial charge in [0.05, 0.1) is 30.2 Å². The van der Waals surface area contributed by atoms with Gasteiger partial charge in [-0.1, -0.05) is 18.9 Å². The summed E-state index contributed by atoms with van der Waals surface area (Å²) in [5.41, 5.74) is 2.22. The summed E-state index contributed by atoms with van der Waals surface area (Å²) in [5.74, 6) is 0.472. The molecule has 1 aliphatic carbocycles. The van der Waals surface area contributed by atoms with E-state index in [0.29, 0.717) is 36.1 Å². The first kappa shape index (κ1) is 21.2. The van der Waals surface area contributed by atoms with Crippen LogP contribution in [0.3, 0.4) is 0 Å². The number of hydrogen-bond donors (Lipinski definition) is 2. The molecule has 0 atom stereocenters. The Morgan fingerprint density at radius 2 is 1.81 bits per heavy atom. The van der Waals surface area contributed by atoms with Crippen LogP contribution in [0, 0.1) is 6.92 Å². The van der Waals surface area contributed by atoms with Crippen molar-refractivity contribution in [3.63, 3.8) is 0 Å². The van der Waals surface area contributed by atoms with E-state index < -0.39 is 15.9 Å². The normalized spacial score (nSPS) is 19.5. The second-order valence-corrected chi connectivity index (χ2v) is 10.4. The molecule has 170 valence electrons. The van der Waals surface area contributed by atoms with Crippen LogP contribution in [0.25, 0.3) is 0 Å². The van der Waals surface area contributed by atoms with Crippen molar-refractivity contribution in [2.45, 2.75) is 43.5 Å². The fourth-order valence-corrected chi connectivity index (χ4v) is 6.07. The van der Waals surface area contributed by atoms with Crippen LogP contribution in [0.1, 0.15) is 41.6 Å². The van der Waals surface area contributed by atoms with E-state index in [4.69, 9.17) is 9.47 Å². The molecule has 0 aromatic heterocycles. The Morgan fingerprint density at radius 3 is 2.56 bits per heavy atom.